The van der Waals surface area contributed by atoms with Gasteiger partial charge in [-0.25, -0.2) is 13.5 Å². The minimum absolute atomic E-state index is 0.0380. The van der Waals surface area contributed by atoms with Crippen molar-refractivity contribution in [1.29, 1.82) is 0 Å². The molecule has 6 atom stereocenters. The summed E-state index contributed by atoms with van der Waals surface area (Å²) >= 11 is 9.06. The van der Waals surface area contributed by atoms with Crippen LogP contribution in [0.25, 0.3) is 11.3 Å². The van der Waals surface area contributed by atoms with Crippen LogP contribution in [0.15, 0.2) is 76.4 Å². The van der Waals surface area contributed by atoms with E-state index in [2.05, 4.69) is 36.8 Å². The topological polar surface area (TPSA) is 106 Å². The number of benzene rings is 3. The Morgan fingerprint density at radius 3 is 2.57 bits per heavy atom. The van der Waals surface area contributed by atoms with Gasteiger partial charge in [-0.1, -0.05) is 47.1 Å². The lowest BCUT2D eigenvalue weighted by Crippen LogP contribution is -2.62. The van der Waals surface area contributed by atoms with E-state index in [1.54, 1.807) is 24.3 Å². The van der Waals surface area contributed by atoms with Gasteiger partial charge < -0.3 is 24.2 Å². The summed E-state index contributed by atoms with van der Waals surface area (Å²) in [7, 11) is 0. The van der Waals surface area contributed by atoms with Crippen molar-refractivity contribution in [3.63, 3.8) is 0 Å². The van der Waals surface area contributed by atoms with Gasteiger partial charge >= 0.3 is 6.18 Å². The van der Waals surface area contributed by atoms with Gasteiger partial charge in [0.15, 0.2) is 23.8 Å². The average molecular weight is 742 g/mol. The van der Waals surface area contributed by atoms with Crippen molar-refractivity contribution in [2.45, 2.75) is 42.9 Å². The van der Waals surface area contributed by atoms with Gasteiger partial charge in [-0.3, -0.25) is 5.43 Å². The number of rotatable bonds is 5. The molecule has 0 saturated carbocycles. The second-order valence-corrected chi connectivity index (χ2v) is 12.2. The molecule has 0 aliphatic carbocycles. The monoisotopic (exact) mass is 740 g/mol. The van der Waals surface area contributed by atoms with Crippen LogP contribution in [-0.2, 0) is 20.4 Å². The summed E-state index contributed by atoms with van der Waals surface area (Å²) in [4.78, 5) is 1.21. The molecule has 0 bridgehead atoms. The van der Waals surface area contributed by atoms with Gasteiger partial charge in [0.2, 0.25) is 0 Å². The number of anilines is 1. The molecule has 246 valence electrons. The number of nitrogens with zero attached hydrogens (tertiary/aromatic N) is 5. The fourth-order valence-corrected chi connectivity index (χ4v) is 6.38. The van der Waals surface area contributed by atoms with Gasteiger partial charge in [-0.05, 0) is 46.3 Å². The van der Waals surface area contributed by atoms with Crippen molar-refractivity contribution >= 4 is 39.1 Å². The lowest BCUT2D eigenvalue weighted by molar-refractivity contribution is -0.309. The Morgan fingerprint density at radius 1 is 1.02 bits per heavy atom. The minimum Gasteiger partial charge on any atom is -0.388 e. The third kappa shape index (κ3) is 5.87. The molecule has 7 rings (SSSR count). The van der Waals surface area contributed by atoms with Crippen LogP contribution in [0.1, 0.15) is 23.5 Å². The Hall–Kier alpha value is -3.67. The zero-order valence-electron chi connectivity index (χ0n) is 23.8. The first kappa shape index (κ1) is 31.9. The van der Waals surface area contributed by atoms with Crippen molar-refractivity contribution < 1.29 is 41.3 Å². The van der Waals surface area contributed by atoms with E-state index in [-0.39, 0.29) is 45.6 Å². The van der Waals surface area contributed by atoms with E-state index in [9.17, 15) is 27.1 Å². The van der Waals surface area contributed by atoms with Crippen LogP contribution < -0.4 is 10.3 Å². The van der Waals surface area contributed by atoms with Crippen molar-refractivity contribution in [2.24, 2.45) is 5.10 Å². The number of hydrogen-bond acceptors (Lipinski definition) is 9. The van der Waals surface area contributed by atoms with Crippen LogP contribution in [-0.4, -0.2) is 63.6 Å². The van der Waals surface area contributed by atoms with E-state index in [1.807, 2.05) is 6.07 Å². The summed E-state index contributed by atoms with van der Waals surface area (Å²) < 4.78 is 91.2. The summed E-state index contributed by atoms with van der Waals surface area (Å²) in [5, 5.41) is 24.4. The van der Waals surface area contributed by atoms with Gasteiger partial charge in [0.25, 0.3) is 0 Å². The number of alkyl halides is 3. The zero-order valence-corrected chi connectivity index (χ0v) is 26.1. The van der Waals surface area contributed by atoms with E-state index in [0.29, 0.717) is 5.56 Å². The van der Waals surface area contributed by atoms with Gasteiger partial charge in [0.05, 0.1) is 28.5 Å². The number of hydrogen-bond donors (Lipinski definition) is 2. The van der Waals surface area contributed by atoms with Gasteiger partial charge in [0.1, 0.15) is 42.8 Å². The van der Waals surface area contributed by atoms with E-state index < -0.39 is 60.1 Å². The molecule has 47 heavy (non-hydrogen) atoms. The number of halogens is 7. The largest absolute Gasteiger partial charge is 0.418 e. The highest BCUT2D eigenvalue weighted by Gasteiger charge is 2.54. The molecule has 1 unspecified atom stereocenters. The third-order valence-electron chi connectivity index (χ3n) is 8.09. The van der Waals surface area contributed by atoms with Gasteiger partial charge in [-0.15, -0.1) is 5.10 Å². The number of hydrazone groups is 1. The zero-order chi connectivity index (χ0) is 33.0. The molecule has 0 amide bonds. The van der Waals surface area contributed by atoms with Crippen molar-refractivity contribution in [3.8, 4) is 11.3 Å². The van der Waals surface area contributed by atoms with Gasteiger partial charge in [0, 0.05) is 16.1 Å². The maximum absolute atomic E-state index is 14.9. The number of fused-ring (bicyclic) bond motifs is 1. The third-order valence-corrected chi connectivity index (χ3v) is 8.93. The first-order chi connectivity index (χ1) is 22.5. The van der Waals surface area contributed by atoms with Crippen LogP contribution in [0.5, 0.6) is 0 Å². The van der Waals surface area contributed by atoms with Crippen LogP contribution in [0.2, 0.25) is 5.02 Å². The Balaban J connectivity index is 1.27. The Morgan fingerprint density at radius 2 is 1.81 bits per heavy atom. The molecular weight excluding hydrogens is 719 g/mol. The van der Waals surface area contributed by atoms with E-state index >= 15 is 0 Å². The first-order valence-electron chi connectivity index (χ1n) is 14.2. The molecule has 4 heterocycles. The fourth-order valence-electron chi connectivity index (χ4n) is 5.90. The molecule has 0 radical (unpaired) electrons. The number of aromatic nitrogens is 3. The lowest BCUT2D eigenvalue weighted by Gasteiger charge is -2.48. The molecule has 3 aromatic carbocycles. The van der Waals surface area contributed by atoms with Crippen molar-refractivity contribution in [1.82, 2.24) is 20.4 Å². The Bertz CT molecular complexity index is 1830. The van der Waals surface area contributed by atoms with Crippen LogP contribution in [0.4, 0.5) is 27.6 Å². The highest BCUT2D eigenvalue weighted by atomic mass is 79.9. The number of ether oxygens (including phenoxy) is 3. The molecular formula is C30H23BrClF5N6O4. The summed E-state index contributed by atoms with van der Waals surface area (Å²) in [6.45, 7) is -0.223. The molecule has 2 N–H and O–H groups in total. The molecule has 2 fully saturated rings. The number of nitrogens with one attached hydrogen (secondary N) is 1. The fraction of sp³-hybridized carbons (Fsp3) is 0.300. The number of aliphatic hydroxyl groups is 1. The van der Waals surface area contributed by atoms with Crippen LogP contribution in [0, 0.1) is 11.6 Å². The van der Waals surface area contributed by atoms with Crippen LogP contribution in [0.3, 0.4) is 0 Å². The summed E-state index contributed by atoms with van der Waals surface area (Å²) in [6, 6.07) is 13.7. The molecule has 10 nitrogen and oxygen atoms in total. The normalized spacial score (nSPS) is 26.1. The number of aliphatic hydroxyl groups excluding tert-OH is 1. The first-order valence-corrected chi connectivity index (χ1v) is 15.3. The maximum Gasteiger partial charge on any atom is 0.418 e. The quantitative estimate of drug-likeness (QED) is 0.195. The van der Waals surface area contributed by atoms with Crippen molar-refractivity contribution in [3.05, 3.63) is 99.1 Å². The average Bonchev–Trinajstić information content (AvgIpc) is 3.74. The highest BCUT2D eigenvalue weighted by Crippen LogP contribution is 2.43. The molecule has 3 aliphatic rings. The van der Waals surface area contributed by atoms with E-state index in [0.717, 1.165) is 18.2 Å². The van der Waals surface area contributed by atoms with E-state index in [1.165, 1.54) is 27.9 Å². The SMILES string of the molecule is O[C@@H]1[C@@H](n2cc(-c3ccc(Br)c(F)c3F)nn2)[C@H]2OC(c3ccccc3)OC[C@H]2O[C@H]1C1=NNCN1c1cc(Cl)ccc1C(F)(F)F. The van der Waals surface area contributed by atoms with Crippen molar-refractivity contribution in [2.75, 3.05) is 18.2 Å². The minimum atomic E-state index is -4.73. The molecule has 3 aliphatic heterocycles. The molecule has 1 aromatic heterocycles. The lowest BCUT2D eigenvalue weighted by atomic mass is 9.90. The Kier molecular flexibility index (Phi) is 8.42. The summed E-state index contributed by atoms with van der Waals surface area (Å²) in [6.07, 6.45) is -9.00. The molecule has 4 aromatic rings. The maximum atomic E-state index is 14.9. The van der Waals surface area contributed by atoms with Crippen LogP contribution >= 0.6 is 27.5 Å². The second kappa shape index (κ2) is 12.4. The number of amidine groups is 1. The smallest absolute Gasteiger partial charge is 0.388 e. The summed E-state index contributed by atoms with van der Waals surface area (Å²) in [5.41, 5.74) is 1.85. The summed E-state index contributed by atoms with van der Waals surface area (Å²) in [5.74, 6) is -2.35. The predicted molar refractivity (Wildman–Crippen MR) is 161 cm³/mol. The second-order valence-electron chi connectivity index (χ2n) is 10.9. The Labute approximate surface area is 276 Å². The molecule has 17 heteroatoms. The van der Waals surface area contributed by atoms with E-state index in [4.69, 9.17) is 25.8 Å². The highest BCUT2D eigenvalue weighted by molar-refractivity contribution is 9.10. The predicted octanol–water partition coefficient (Wildman–Crippen LogP) is 5.82. The standard InChI is InChI=1S/C30H23BrClF5N6O4/c31-18-9-7-16(22(33)23(18)34)19-11-43(41-39-19)24-25(44)27(46-21-12-45-29(47-26(21)24)14-4-2-1-3-5-14)28-40-38-13-42(28)20-10-15(32)6-8-17(20)30(35,36)37/h1-11,21,24-27,29,38,44H,12-13H2/t21-,24-,25-,26+,27-,29?/m1/s1. The van der Waals surface area contributed by atoms with Gasteiger partial charge in [-0.2, -0.15) is 18.3 Å². The molecule has 0 spiro atoms. The molecule has 2 saturated heterocycles.